The van der Waals surface area contributed by atoms with Crippen LogP contribution in [-0.2, 0) is 7.05 Å². The van der Waals surface area contributed by atoms with E-state index < -0.39 is 0 Å². The Morgan fingerprint density at radius 2 is 2.45 bits per heavy atom. The fraction of sp³-hybridized carbons (Fsp3) is 0.625. The molecule has 1 heterocycles. The number of nitrogens with zero attached hydrogens (tertiary/aromatic N) is 2. The minimum atomic E-state index is 0.211. The minimum absolute atomic E-state index is 0.211. The number of aromatic nitrogens is 2. The van der Waals surface area contributed by atoms with Gasteiger partial charge < -0.3 is 5.73 Å². The van der Waals surface area contributed by atoms with Crippen molar-refractivity contribution in [3.8, 4) is 0 Å². The summed E-state index contributed by atoms with van der Waals surface area (Å²) in [5.74, 6) is 0.713. The standard InChI is InChI=1S/C8H13N3/c1-11-7(4-5-10-11)8(9)6-2-3-6/h4-6,8H,2-3,9H2,1H3. The molecule has 1 aromatic rings. The molecule has 2 N–H and O–H groups in total. The minimum Gasteiger partial charge on any atom is -0.322 e. The van der Waals surface area contributed by atoms with E-state index in [1.54, 1.807) is 6.20 Å². The Hall–Kier alpha value is -0.830. The second kappa shape index (κ2) is 2.34. The van der Waals surface area contributed by atoms with Crippen molar-refractivity contribution in [3.05, 3.63) is 18.0 Å². The summed E-state index contributed by atoms with van der Waals surface area (Å²) in [5, 5.41) is 4.08. The molecule has 3 nitrogen and oxygen atoms in total. The molecule has 11 heavy (non-hydrogen) atoms. The zero-order valence-corrected chi connectivity index (χ0v) is 6.70. The van der Waals surface area contributed by atoms with Crippen LogP contribution in [0.5, 0.6) is 0 Å². The van der Waals surface area contributed by atoms with E-state index in [0.29, 0.717) is 5.92 Å². The molecular weight excluding hydrogens is 138 g/mol. The third-order valence-corrected chi connectivity index (χ3v) is 2.33. The van der Waals surface area contributed by atoms with Gasteiger partial charge in [-0.15, -0.1) is 0 Å². The lowest BCUT2D eigenvalue weighted by Gasteiger charge is -2.09. The van der Waals surface area contributed by atoms with Crippen molar-refractivity contribution in [2.24, 2.45) is 18.7 Å². The van der Waals surface area contributed by atoms with Gasteiger partial charge in [-0.1, -0.05) is 0 Å². The van der Waals surface area contributed by atoms with Crippen molar-refractivity contribution in [3.63, 3.8) is 0 Å². The summed E-state index contributed by atoms with van der Waals surface area (Å²) in [7, 11) is 1.94. The molecule has 0 aliphatic heterocycles. The van der Waals surface area contributed by atoms with E-state index in [0.717, 1.165) is 5.69 Å². The highest BCUT2D eigenvalue weighted by molar-refractivity contribution is 5.09. The molecule has 0 spiro atoms. The maximum Gasteiger partial charge on any atom is 0.0550 e. The average Bonchev–Trinajstić information content (AvgIpc) is 2.74. The van der Waals surface area contributed by atoms with Crippen molar-refractivity contribution in [2.45, 2.75) is 18.9 Å². The van der Waals surface area contributed by atoms with Crippen LogP contribution in [0.15, 0.2) is 12.3 Å². The molecule has 1 unspecified atom stereocenters. The molecule has 0 radical (unpaired) electrons. The molecule has 1 atom stereocenters. The Morgan fingerprint density at radius 3 is 2.91 bits per heavy atom. The molecular formula is C8H13N3. The van der Waals surface area contributed by atoms with E-state index in [9.17, 15) is 0 Å². The third kappa shape index (κ3) is 1.16. The van der Waals surface area contributed by atoms with Gasteiger partial charge in [0.2, 0.25) is 0 Å². The highest BCUT2D eigenvalue weighted by Crippen LogP contribution is 2.38. The Labute approximate surface area is 66.2 Å². The van der Waals surface area contributed by atoms with Gasteiger partial charge in [-0.25, -0.2) is 0 Å². The van der Waals surface area contributed by atoms with Crippen LogP contribution in [0.25, 0.3) is 0 Å². The molecule has 1 fully saturated rings. The molecule has 60 valence electrons. The molecule has 2 rings (SSSR count). The SMILES string of the molecule is Cn1nccc1C(N)C1CC1. The van der Waals surface area contributed by atoms with Gasteiger partial charge in [-0.2, -0.15) is 5.10 Å². The molecule has 0 bridgehead atoms. The first kappa shape index (κ1) is 6.85. The van der Waals surface area contributed by atoms with Crippen molar-refractivity contribution in [1.29, 1.82) is 0 Å². The Kier molecular flexibility index (Phi) is 1.46. The van der Waals surface area contributed by atoms with Gasteiger partial charge in [0.15, 0.2) is 0 Å². The van der Waals surface area contributed by atoms with E-state index in [2.05, 4.69) is 5.10 Å². The summed E-state index contributed by atoms with van der Waals surface area (Å²) in [4.78, 5) is 0. The molecule has 1 aliphatic carbocycles. The predicted octanol–water partition coefficient (Wildman–Crippen LogP) is 0.830. The van der Waals surface area contributed by atoms with Crippen LogP contribution in [0.1, 0.15) is 24.6 Å². The highest BCUT2D eigenvalue weighted by atomic mass is 15.3. The number of hydrogen-bond donors (Lipinski definition) is 1. The molecule has 0 amide bonds. The maximum atomic E-state index is 5.98. The lowest BCUT2D eigenvalue weighted by molar-refractivity contribution is 0.566. The molecule has 3 heteroatoms. The Morgan fingerprint density at radius 1 is 1.73 bits per heavy atom. The van der Waals surface area contributed by atoms with Crippen LogP contribution in [0.3, 0.4) is 0 Å². The van der Waals surface area contributed by atoms with E-state index in [-0.39, 0.29) is 6.04 Å². The van der Waals surface area contributed by atoms with Crippen molar-refractivity contribution in [2.75, 3.05) is 0 Å². The number of aryl methyl sites for hydroxylation is 1. The second-order valence-electron chi connectivity index (χ2n) is 3.24. The largest absolute Gasteiger partial charge is 0.322 e. The smallest absolute Gasteiger partial charge is 0.0550 e. The van der Waals surface area contributed by atoms with E-state index in [1.165, 1.54) is 12.8 Å². The monoisotopic (exact) mass is 151 g/mol. The molecule has 1 saturated carbocycles. The number of hydrogen-bond acceptors (Lipinski definition) is 2. The van der Waals surface area contributed by atoms with Gasteiger partial charge >= 0.3 is 0 Å². The Balaban J connectivity index is 2.20. The number of nitrogens with two attached hydrogens (primary N) is 1. The van der Waals surface area contributed by atoms with Gasteiger partial charge in [-0.05, 0) is 24.8 Å². The Bertz CT molecular complexity index is 250. The normalized spacial score (nSPS) is 20.2. The first-order chi connectivity index (χ1) is 5.29. The average molecular weight is 151 g/mol. The van der Waals surface area contributed by atoms with Crippen LogP contribution in [-0.4, -0.2) is 9.78 Å². The van der Waals surface area contributed by atoms with Crippen LogP contribution in [0, 0.1) is 5.92 Å². The fourth-order valence-electron chi connectivity index (χ4n) is 1.41. The topological polar surface area (TPSA) is 43.8 Å². The summed E-state index contributed by atoms with van der Waals surface area (Å²) >= 11 is 0. The lowest BCUT2D eigenvalue weighted by atomic mass is 10.1. The second-order valence-corrected chi connectivity index (χ2v) is 3.24. The summed E-state index contributed by atoms with van der Waals surface area (Å²) in [5.41, 5.74) is 7.14. The van der Waals surface area contributed by atoms with Crippen LogP contribution in [0.4, 0.5) is 0 Å². The van der Waals surface area contributed by atoms with Crippen molar-refractivity contribution >= 4 is 0 Å². The first-order valence-corrected chi connectivity index (χ1v) is 4.02. The molecule has 1 aromatic heterocycles. The zero-order valence-electron chi connectivity index (χ0n) is 6.70. The van der Waals surface area contributed by atoms with Crippen molar-refractivity contribution < 1.29 is 0 Å². The number of rotatable bonds is 2. The van der Waals surface area contributed by atoms with Crippen LogP contribution >= 0.6 is 0 Å². The van der Waals surface area contributed by atoms with Gasteiger partial charge in [-0.3, -0.25) is 4.68 Å². The summed E-state index contributed by atoms with van der Waals surface area (Å²) in [6.07, 6.45) is 4.37. The molecule has 0 aromatic carbocycles. The van der Waals surface area contributed by atoms with E-state index in [4.69, 9.17) is 5.73 Å². The van der Waals surface area contributed by atoms with Gasteiger partial charge in [0.25, 0.3) is 0 Å². The highest BCUT2D eigenvalue weighted by Gasteiger charge is 2.30. The van der Waals surface area contributed by atoms with Gasteiger partial charge in [0, 0.05) is 19.3 Å². The molecule has 1 aliphatic rings. The summed E-state index contributed by atoms with van der Waals surface area (Å²) in [6, 6.07) is 2.21. The third-order valence-electron chi connectivity index (χ3n) is 2.33. The zero-order chi connectivity index (χ0) is 7.84. The summed E-state index contributed by atoms with van der Waals surface area (Å²) < 4.78 is 1.86. The maximum absolute atomic E-state index is 5.98. The van der Waals surface area contributed by atoms with Crippen molar-refractivity contribution in [1.82, 2.24) is 9.78 Å². The van der Waals surface area contributed by atoms with Gasteiger partial charge in [0.1, 0.15) is 0 Å². The summed E-state index contributed by atoms with van der Waals surface area (Å²) in [6.45, 7) is 0. The van der Waals surface area contributed by atoms with E-state index >= 15 is 0 Å². The quantitative estimate of drug-likeness (QED) is 0.680. The van der Waals surface area contributed by atoms with Gasteiger partial charge in [0.05, 0.1) is 5.69 Å². The predicted molar refractivity (Wildman–Crippen MR) is 42.9 cm³/mol. The van der Waals surface area contributed by atoms with Crippen LogP contribution in [0.2, 0.25) is 0 Å². The van der Waals surface area contributed by atoms with E-state index in [1.807, 2.05) is 17.8 Å². The van der Waals surface area contributed by atoms with Crippen LogP contribution < -0.4 is 5.73 Å². The lowest BCUT2D eigenvalue weighted by Crippen LogP contribution is -2.16. The fourth-order valence-corrected chi connectivity index (χ4v) is 1.41. The molecule has 0 saturated heterocycles. The first-order valence-electron chi connectivity index (χ1n) is 4.02.